The van der Waals surface area contributed by atoms with Crippen molar-refractivity contribution in [3.63, 3.8) is 0 Å². The van der Waals surface area contributed by atoms with Crippen LogP contribution in [0, 0.1) is 5.92 Å². The number of amides is 1. The quantitative estimate of drug-likeness (QED) is 0.371. The lowest BCUT2D eigenvalue weighted by atomic mass is 10.1. The van der Waals surface area contributed by atoms with Gasteiger partial charge in [0, 0.05) is 30.6 Å². The average Bonchev–Trinajstić information content (AvgIpc) is 2.73. The Labute approximate surface area is 126 Å². The Bertz CT molecular complexity index is 571. The number of pyridine rings is 1. The molecule has 1 aromatic heterocycles. The number of carbonyl (C=O) groups excluding carboxylic acids is 1. The summed E-state index contributed by atoms with van der Waals surface area (Å²) < 4.78 is 1.16. The second-order valence-corrected chi connectivity index (χ2v) is 5.75. The van der Waals surface area contributed by atoms with Crippen molar-refractivity contribution in [3.05, 3.63) is 25.7 Å². The third-order valence-electron chi connectivity index (χ3n) is 2.88. The van der Waals surface area contributed by atoms with Crippen LogP contribution < -0.4 is 10.6 Å². The van der Waals surface area contributed by atoms with E-state index in [2.05, 4.69) is 46.9 Å². The molecular formula is C10H10Br2N6O. The van der Waals surface area contributed by atoms with Crippen molar-refractivity contribution in [2.45, 2.75) is 6.42 Å². The normalized spacial score (nSPS) is 18.5. The molecule has 100 valence electrons. The Balaban J connectivity index is 2.30. The average molecular weight is 390 g/mol. The van der Waals surface area contributed by atoms with Crippen molar-refractivity contribution in [1.29, 1.82) is 0 Å². The van der Waals surface area contributed by atoms with Gasteiger partial charge in [0.05, 0.1) is 10.2 Å². The molecule has 0 aliphatic carbocycles. The SMILES string of the molecule is [N-]=[N+]=NCC1CC(=O)N(c2c(Br)ncc(Br)c2N)C1. The van der Waals surface area contributed by atoms with Crippen molar-refractivity contribution in [1.82, 2.24) is 4.98 Å². The maximum atomic E-state index is 12.0. The van der Waals surface area contributed by atoms with Gasteiger partial charge in [-0.2, -0.15) is 0 Å². The number of aromatic nitrogens is 1. The highest BCUT2D eigenvalue weighted by Crippen LogP contribution is 2.38. The van der Waals surface area contributed by atoms with E-state index >= 15 is 0 Å². The van der Waals surface area contributed by atoms with Crippen molar-refractivity contribution in [2.24, 2.45) is 11.0 Å². The summed E-state index contributed by atoms with van der Waals surface area (Å²) in [6.07, 6.45) is 1.92. The third-order valence-corrected chi connectivity index (χ3v) is 4.09. The molecule has 7 nitrogen and oxygen atoms in total. The van der Waals surface area contributed by atoms with Crippen LogP contribution in [-0.4, -0.2) is 24.0 Å². The van der Waals surface area contributed by atoms with Gasteiger partial charge in [0.15, 0.2) is 0 Å². The van der Waals surface area contributed by atoms with Crippen LogP contribution in [-0.2, 0) is 4.79 Å². The molecule has 1 fully saturated rings. The highest BCUT2D eigenvalue weighted by atomic mass is 79.9. The number of azide groups is 1. The van der Waals surface area contributed by atoms with E-state index in [0.717, 1.165) is 0 Å². The van der Waals surface area contributed by atoms with Crippen LogP contribution >= 0.6 is 31.9 Å². The molecule has 1 saturated heterocycles. The number of hydrogen-bond acceptors (Lipinski definition) is 4. The highest BCUT2D eigenvalue weighted by Gasteiger charge is 2.33. The fourth-order valence-corrected chi connectivity index (χ4v) is 2.82. The Kier molecular flexibility index (Phi) is 4.28. The number of rotatable bonds is 3. The summed E-state index contributed by atoms with van der Waals surface area (Å²) in [5, 5.41) is 3.51. The summed E-state index contributed by atoms with van der Waals surface area (Å²) in [6, 6.07) is 0. The minimum atomic E-state index is -0.0505. The number of nitrogen functional groups attached to an aromatic ring is 1. The predicted molar refractivity (Wildman–Crippen MR) is 78.5 cm³/mol. The summed E-state index contributed by atoms with van der Waals surface area (Å²) in [5.74, 6) is -0.0425. The predicted octanol–water partition coefficient (Wildman–Crippen LogP) is 2.85. The second-order valence-electron chi connectivity index (χ2n) is 4.15. The molecule has 1 aliphatic rings. The number of nitrogens with zero attached hydrogens (tertiary/aromatic N) is 5. The molecule has 0 saturated carbocycles. The Morgan fingerprint density at radius 3 is 3.05 bits per heavy atom. The summed E-state index contributed by atoms with van der Waals surface area (Å²) in [6.45, 7) is 0.774. The summed E-state index contributed by atoms with van der Waals surface area (Å²) in [4.78, 5) is 20.4. The van der Waals surface area contributed by atoms with Crippen LogP contribution in [0.5, 0.6) is 0 Å². The fourth-order valence-electron chi connectivity index (χ4n) is 2.00. The molecule has 1 unspecified atom stereocenters. The molecule has 0 bridgehead atoms. The van der Waals surface area contributed by atoms with Crippen LogP contribution in [0.4, 0.5) is 11.4 Å². The van der Waals surface area contributed by atoms with Crippen molar-refractivity contribution < 1.29 is 4.79 Å². The molecule has 1 amide bonds. The van der Waals surface area contributed by atoms with E-state index in [0.29, 0.717) is 40.0 Å². The monoisotopic (exact) mass is 388 g/mol. The zero-order valence-corrected chi connectivity index (χ0v) is 12.9. The number of nitrogens with two attached hydrogens (primary N) is 1. The van der Waals surface area contributed by atoms with Gasteiger partial charge in [-0.25, -0.2) is 4.98 Å². The van der Waals surface area contributed by atoms with Gasteiger partial charge in [-0.3, -0.25) is 4.79 Å². The fraction of sp³-hybridized carbons (Fsp3) is 0.400. The van der Waals surface area contributed by atoms with E-state index in [-0.39, 0.29) is 11.8 Å². The lowest BCUT2D eigenvalue weighted by Gasteiger charge is -2.20. The van der Waals surface area contributed by atoms with Gasteiger partial charge >= 0.3 is 0 Å². The molecule has 9 heteroatoms. The Morgan fingerprint density at radius 1 is 1.63 bits per heavy atom. The third kappa shape index (κ3) is 2.83. The standard InChI is InChI=1S/C10H10Br2N6O/c11-6-3-15-10(12)9(8(6)13)18-4-5(1-7(18)19)2-16-17-14/h3,5H,1-2,4H2,(H2,13,15). The molecule has 0 spiro atoms. The molecule has 2 rings (SSSR count). The minimum Gasteiger partial charge on any atom is -0.396 e. The lowest BCUT2D eigenvalue weighted by molar-refractivity contribution is -0.117. The molecule has 2 N–H and O–H groups in total. The second kappa shape index (κ2) is 5.77. The molecule has 0 radical (unpaired) electrons. The molecule has 1 aliphatic heterocycles. The van der Waals surface area contributed by atoms with Crippen LogP contribution in [0.3, 0.4) is 0 Å². The van der Waals surface area contributed by atoms with Crippen molar-refractivity contribution in [3.8, 4) is 0 Å². The zero-order valence-electron chi connectivity index (χ0n) is 9.75. The molecule has 0 aromatic carbocycles. The molecule has 2 heterocycles. The highest BCUT2D eigenvalue weighted by molar-refractivity contribution is 9.11. The topological polar surface area (TPSA) is 108 Å². The van der Waals surface area contributed by atoms with E-state index in [9.17, 15) is 4.79 Å². The number of anilines is 2. The van der Waals surface area contributed by atoms with Gasteiger partial charge in [0.1, 0.15) is 10.3 Å². The van der Waals surface area contributed by atoms with Crippen molar-refractivity contribution >= 4 is 49.1 Å². The van der Waals surface area contributed by atoms with Crippen LogP contribution in [0.15, 0.2) is 20.4 Å². The molecular weight excluding hydrogens is 380 g/mol. The Morgan fingerprint density at radius 2 is 2.37 bits per heavy atom. The smallest absolute Gasteiger partial charge is 0.227 e. The lowest BCUT2D eigenvalue weighted by Crippen LogP contribution is -2.26. The molecule has 19 heavy (non-hydrogen) atoms. The van der Waals surface area contributed by atoms with Gasteiger partial charge in [-0.05, 0) is 43.3 Å². The van der Waals surface area contributed by atoms with Crippen LogP contribution in [0.2, 0.25) is 0 Å². The first-order chi connectivity index (χ1) is 9.04. The molecule has 1 atom stereocenters. The van der Waals surface area contributed by atoms with E-state index in [1.165, 1.54) is 0 Å². The van der Waals surface area contributed by atoms with Crippen LogP contribution in [0.25, 0.3) is 10.4 Å². The summed E-state index contributed by atoms with van der Waals surface area (Å²) in [5.41, 5.74) is 15.3. The maximum absolute atomic E-state index is 12.0. The Hall–Kier alpha value is -1.31. The summed E-state index contributed by atoms with van der Waals surface area (Å²) >= 11 is 6.60. The first kappa shape index (κ1) is 14.1. The first-order valence-corrected chi connectivity index (χ1v) is 7.04. The van der Waals surface area contributed by atoms with E-state index in [1.807, 2.05) is 0 Å². The van der Waals surface area contributed by atoms with E-state index in [1.54, 1.807) is 11.1 Å². The van der Waals surface area contributed by atoms with E-state index in [4.69, 9.17) is 11.3 Å². The van der Waals surface area contributed by atoms with Gasteiger partial charge in [-0.15, -0.1) is 0 Å². The summed E-state index contributed by atoms with van der Waals surface area (Å²) in [7, 11) is 0. The largest absolute Gasteiger partial charge is 0.396 e. The number of hydrogen-bond donors (Lipinski definition) is 1. The van der Waals surface area contributed by atoms with Crippen molar-refractivity contribution in [2.75, 3.05) is 23.7 Å². The van der Waals surface area contributed by atoms with Gasteiger partial charge < -0.3 is 10.6 Å². The van der Waals surface area contributed by atoms with Gasteiger partial charge in [-0.1, -0.05) is 5.11 Å². The first-order valence-electron chi connectivity index (χ1n) is 5.45. The maximum Gasteiger partial charge on any atom is 0.227 e. The molecule has 1 aromatic rings. The van der Waals surface area contributed by atoms with Crippen LogP contribution in [0.1, 0.15) is 6.42 Å². The minimum absolute atomic E-state index is 0.00804. The number of halogens is 2. The van der Waals surface area contributed by atoms with E-state index < -0.39 is 0 Å². The van der Waals surface area contributed by atoms with Gasteiger partial charge in [0.2, 0.25) is 5.91 Å². The van der Waals surface area contributed by atoms with Gasteiger partial charge in [0.25, 0.3) is 0 Å². The number of carbonyl (C=O) groups is 1. The zero-order chi connectivity index (χ0) is 14.0.